The van der Waals surface area contributed by atoms with Crippen LogP contribution in [0.3, 0.4) is 0 Å². The highest BCUT2D eigenvalue weighted by Crippen LogP contribution is 2.22. The second-order valence-electron chi connectivity index (χ2n) is 7.03. The summed E-state index contributed by atoms with van der Waals surface area (Å²) >= 11 is 5.53. The molecule has 0 radical (unpaired) electrons. The molecule has 0 spiro atoms. The van der Waals surface area contributed by atoms with Gasteiger partial charge in [0.25, 0.3) is 0 Å². The number of hydrogen-bond acceptors (Lipinski definition) is 2. The molecule has 1 aromatic heterocycles. The summed E-state index contributed by atoms with van der Waals surface area (Å²) in [7, 11) is 0. The number of nitrogens with zero attached hydrogens (tertiary/aromatic N) is 2. The molecule has 140 valence electrons. The molecule has 0 fully saturated rings. The lowest BCUT2D eigenvalue weighted by molar-refractivity contribution is 0.657. The Morgan fingerprint density at radius 1 is 0.963 bits per heavy atom. The second-order valence-corrected chi connectivity index (χ2v) is 7.44. The SMILES string of the molecule is Cc1ccc(NC(=S)Nc2c(C)nn(Cc3ccccc3C)c2C)c(C)c1. The van der Waals surface area contributed by atoms with Crippen LogP contribution in [0.2, 0.25) is 0 Å². The number of nitrogens with one attached hydrogen (secondary N) is 2. The topological polar surface area (TPSA) is 41.9 Å². The van der Waals surface area contributed by atoms with Crippen molar-refractivity contribution in [2.75, 3.05) is 10.6 Å². The number of anilines is 2. The third-order valence-electron chi connectivity index (χ3n) is 4.83. The van der Waals surface area contributed by atoms with Crippen molar-refractivity contribution < 1.29 is 0 Å². The van der Waals surface area contributed by atoms with Crippen molar-refractivity contribution in [2.45, 2.75) is 41.2 Å². The van der Waals surface area contributed by atoms with Gasteiger partial charge in [-0.1, -0.05) is 42.0 Å². The largest absolute Gasteiger partial charge is 0.332 e. The van der Waals surface area contributed by atoms with Gasteiger partial charge in [-0.2, -0.15) is 5.10 Å². The summed E-state index contributed by atoms with van der Waals surface area (Å²) < 4.78 is 2.03. The third kappa shape index (κ3) is 4.37. The molecule has 0 atom stereocenters. The number of aryl methyl sites for hydroxylation is 4. The van der Waals surface area contributed by atoms with Crippen molar-refractivity contribution in [2.24, 2.45) is 0 Å². The Kier molecular flexibility index (Phi) is 5.61. The highest BCUT2D eigenvalue weighted by atomic mass is 32.1. The molecule has 0 saturated carbocycles. The van der Waals surface area contributed by atoms with Gasteiger partial charge in [-0.15, -0.1) is 0 Å². The van der Waals surface area contributed by atoms with E-state index in [0.29, 0.717) is 5.11 Å². The van der Waals surface area contributed by atoms with E-state index >= 15 is 0 Å². The Morgan fingerprint density at radius 2 is 1.70 bits per heavy atom. The number of aromatic nitrogens is 2. The Bertz CT molecular complexity index is 988. The van der Waals surface area contributed by atoms with E-state index in [9.17, 15) is 0 Å². The van der Waals surface area contributed by atoms with Crippen molar-refractivity contribution in [3.05, 3.63) is 76.1 Å². The van der Waals surface area contributed by atoms with E-state index in [0.717, 1.165) is 29.3 Å². The van der Waals surface area contributed by atoms with Gasteiger partial charge < -0.3 is 10.6 Å². The van der Waals surface area contributed by atoms with E-state index in [1.807, 2.05) is 11.6 Å². The maximum Gasteiger partial charge on any atom is 0.175 e. The van der Waals surface area contributed by atoms with Gasteiger partial charge in [-0.25, -0.2) is 0 Å². The fraction of sp³-hybridized carbons (Fsp3) is 0.273. The molecule has 0 saturated heterocycles. The van der Waals surface area contributed by atoms with Gasteiger partial charge in [0.2, 0.25) is 0 Å². The molecule has 5 heteroatoms. The van der Waals surface area contributed by atoms with Crippen molar-refractivity contribution in [3.8, 4) is 0 Å². The first-order valence-electron chi connectivity index (χ1n) is 9.09. The van der Waals surface area contributed by atoms with Crippen LogP contribution >= 0.6 is 12.2 Å². The van der Waals surface area contributed by atoms with Gasteiger partial charge in [-0.05, 0) is 69.6 Å². The number of hydrogen-bond donors (Lipinski definition) is 2. The lowest BCUT2D eigenvalue weighted by Crippen LogP contribution is -2.20. The second kappa shape index (κ2) is 7.92. The lowest BCUT2D eigenvalue weighted by Gasteiger charge is -2.13. The average Bonchev–Trinajstić information content (AvgIpc) is 2.87. The van der Waals surface area contributed by atoms with Crippen LogP contribution in [-0.4, -0.2) is 14.9 Å². The standard InChI is InChI=1S/C22H26N4S/c1-14-10-11-20(16(3)12-14)23-22(27)24-21-17(4)25-26(18(21)5)13-19-9-7-6-8-15(19)2/h6-12H,13H2,1-5H3,(H2,23,24,27). The Hall–Kier alpha value is -2.66. The molecule has 3 aromatic rings. The Labute approximate surface area is 166 Å². The summed E-state index contributed by atoms with van der Waals surface area (Å²) in [6, 6.07) is 14.7. The Balaban J connectivity index is 1.76. The van der Waals surface area contributed by atoms with E-state index in [-0.39, 0.29) is 0 Å². The molecule has 3 rings (SSSR count). The van der Waals surface area contributed by atoms with Crippen LogP contribution in [0.4, 0.5) is 11.4 Å². The fourth-order valence-corrected chi connectivity index (χ4v) is 3.41. The van der Waals surface area contributed by atoms with Crippen LogP contribution in [0.1, 0.15) is 33.6 Å². The van der Waals surface area contributed by atoms with Gasteiger partial charge in [-0.3, -0.25) is 4.68 Å². The van der Waals surface area contributed by atoms with Crippen LogP contribution in [-0.2, 0) is 6.54 Å². The lowest BCUT2D eigenvalue weighted by atomic mass is 10.1. The average molecular weight is 379 g/mol. The van der Waals surface area contributed by atoms with Crippen LogP contribution in [0.15, 0.2) is 42.5 Å². The van der Waals surface area contributed by atoms with Gasteiger partial charge in [0.15, 0.2) is 5.11 Å². The van der Waals surface area contributed by atoms with Crippen LogP contribution < -0.4 is 10.6 Å². The molecular weight excluding hydrogens is 352 g/mol. The highest BCUT2D eigenvalue weighted by molar-refractivity contribution is 7.80. The molecule has 2 N–H and O–H groups in total. The maximum absolute atomic E-state index is 5.53. The molecule has 0 amide bonds. The summed E-state index contributed by atoms with van der Waals surface area (Å²) in [6.07, 6.45) is 0. The van der Waals surface area contributed by atoms with Gasteiger partial charge in [0.05, 0.1) is 23.6 Å². The van der Waals surface area contributed by atoms with Crippen molar-refractivity contribution in [3.63, 3.8) is 0 Å². The number of thiocarbonyl (C=S) groups is 1. The smallest absolute Gasteiger partial charge is 0.175 e. The molecule has 0 aliphatic carbocycles. The highest BCUT2D eigenvalue weighted by Gasteiger charge is 2.14. The van der Waals surface area contributed by atoms with Gasteiger partial charge in [0, 0.05) is 5.69 Å². The van der Waals surface area contributed by atoms with E-state index in [2.05, 4.69) is 80.8 Å². The minimum Gasteiger partial charge on any atom is -0.332 e. The molecule has 0 unspecified atom stereocenters. The van der Waals surface area contributed by atoms with Gasteiger partial charge >= 0.3 is 0 Å². The first kappa shape index (κ1) is 19.1. The van der Waals surface area contributed by atoms with Crippen molar-refractivity contribution >= 4 is 28.7 Å². The quantitative estimate of drug-likeness (QED) is 0.606. The zero-order valence-corrected chi connectivity index (χ0v) is 17.4. The summed E-state index contributed by atoms with van der Waals surface area (Å²) in [6.45, 7) is 11.1. The minimum atomic E-state index is 0.573. The molecule has 2 aromatic carbocycles. The van der Waals surface area contributed by atoms with Crippen LogP contribution in [0.5, 0.6) is 0 Å². The number of benzene rings is 2. The zero-order valence-electron chi connectivity index (χ0n) is 16.6. The van der Waals surface area contributed by atoms with Gasteiger partial charge in [0.1, 0.15) is 0 Å². The molecule has 1 heterocycles. The van der Waals surface area contributed by atoms with Crippen LogP contribution in [0, 0.1) is 34.6 Å². The molecule has 0 aliphatic rings. The molecule has 0 bridgehead atoms. The predicted molar refractivity (Wildman–Crippen MR) is 118 cm³/mol. The normalized spacial score (nSPS) is 10.7. The first-order valence-corrected chi connectivity index (χ1v) is 9.49. The summed E-state index contributed by atoms with van der Waals surface area (Å²) in [4.78, 5) is 0. The third-order valence-corrected chi connectivity index (χ3v) is 5.04. The molecule has 4 nitrogen and oxygen atoms in total. The Morgan fingerprint density at radius 3 is 2.41 bits per heavy atom. The molecule has 27 heavy (non-hydrogen) atoms. The summed E-state index contributed by atoms with van der Waals surface area (Å²) in [5.74, 6) is 0. The van der Waals surface area contributed by atoms with Crippen molar-refractivity contribution in [1.29, 1.82) is 0 Å². The monoisotopic (exact) mass is 378 g/mol. The predicted octanol–water partition coefficient (Wildman–Crippen LogP) is 5.28. The van der Waals surface area contributed by atoms with E-state index < -0.39 is 0 Å². The summed E-state index contributed by atoms with van der Waals surface area (Å²) in [5.41, 5.74) is 8.93. The van der Waals surface area contributed by atoms with Crippen LogP contribution in [0.25, 0.3) is 0 Å². The fourth-order valence-electron chi connectivity index (χ4n) is 3.20. The first-order chi connectivity index (χ1) is 12.8. The molecular formula is C22H26N4S. The minimum absolute atomic E-state index is 0.573. The maximum atomic E-state index is 5.53. The van der Waals surface area contributed by atoms with E-state index in [4.69, 9.17) is 17.3 Å². The van der Waals surface area contributed by atoms with E-state index in [1.54, 1.807) is 0 Å². The summed E-state index contributed by atoms with van der Waals surface area (Å²) in [5, 5.41) is 11.9. The zero-order chi connectivity index (χ0) is 19.6. The van der Waals surface area contributed by atoms with Crippen molar-refractivity contribution in [1.82, 2.24) is 9.78 Å². The number of rotatable bonds is 4. The van der Waals surface area contributed by atoms with E-state index in [1.165, 1.54) is 22.3 Å². The molecule has 0 aliphatic heterocycles.